The lowest BCUT2D eigenvalue weighted by Gasteiger charge is -2.13. The van der Waals surface area contributed by atoms with Crippen LogP contribution in [0.15, 0.2) is 12.4 Å². The molecule has 0 aliphatic carbocycles. The first-order chi connectivity index (χ1) is 7.76. The molecule has 1 N–H and O–H groups in total. The molecule has 1 aromatic heterocycles. The Labute approximate surface area is 95.2 Å². The quantitative estimate of drug-likeness (QED) is 0.714. The van der Waals surface area contributed by atoms with Gasteiger partial charge < -0.3 is 5.32 Å². The van der Waals surface area contributed by atoms with Crippen molar-refractivity contribution >= 4 is 5.91 Å². The molecule has 16 heavy (non-hydrogen) atoms. The monoisotopic (exact) mass is 220 g/mol. The van der Waals surface area contributed by atoms with Gasteiger partial charge in [-0.25, -0.2) is 0 Å². The lowest BCUT2D eigenvalue weighted by atomic mass is 10.1. The van der Waals surface area contributed by atoms with Gasteiger partial charge >= 0.3 is 0 Å². The van der Waals surface area contributed by atoms with Crippen molar-refractivity contribution in [3.8, 4) is 12.3 Å². The molecule has 0 spiro atoms. The van der Waals surface area contributed by atoms with Crippen LogP contribution in [0, 0.1) is 12.3 Å². The number of nitrogens with one attached hydrogen (secondary N) is 1. The number of terminal acetylenes is 1. The van der Waals surface area contributed by atoms with Gasteiger partial charge in [0.2, 0.25) is 5.91 Å². The number of rotatable bonds is 6. The summed E-state index contributed by atoms with van der Waals surface area (Å²) in [4.78, 5) is 11.5. The first kappa shape index (κ1) is 12.2. The second-order valence-electron chi connectivity index (χ2n) is 3.50. The van der Waals surface area contributed by atoms with E-state index in [1.165, 1.54) is 0 Å². The van der Waals surface area contributed by atoms with Crippen molar-refractivity contribution in [2.75, 3.05) is 0 Å². The average Bonchev–Trinajstić information content (AvgIpc) is 2.78. The molecule has 1 heterocycles. The highest BCUT2D eigenvalue weighted by Gasteiger charge is 2.08. The highest BCUT2D eigenvalue weighted by Crippen LogP contribution is 1.97. The normalized spacial score (nSPS) is 11.8. The van der Waals surface area contributed by atoms with Gasteiger partial charge in [0, 0.05) is 25.1 Å². The smallest absolute Gasteiger partial charge is 0.222 e. The molecule has 0 bridgehead atoms. The fourth-order valence-electron chi connectivity index (χ4n) is 1.31. The van der Waals surface area contributed by atoms with E-state index in [0.29, 0.717) is 19.4 Å². The van der Waals surface area contributed by atoms with Gasteiger partial charge in [0.1, 0.15) is 0 Å². The van der Waals surface area contributed by atoms with Gasteiger partial charge in [-0.2, -0.15) is 0 Å². The molecule has 0 fully saturated rings. The van der Waals surface area contributed by atoms with Crippen LogP contribution in [0.5, 0.6) is 0 Å². The summed E-state index contributed by atoms with van der Waals surface area (Å²) in [5.74, 6) is 2.55. The second kappa shape index (κ2) is 6.62. The molecule has 0 saturated carbocycles. The zero-order chi connectivity index (χ0) is 11.8. The molecule has 5 heteroatoms. The number of aromatic nitrogens is 3. The van der Waals surface area contributed by atoms with Crippen molar-refractivity contribution in [1.29, 1.82) is 0 Å². The highest BCUT2D eigenvalue weighted by atomic mass is 16.1. The Morgan fingerprint density at radius 3 is 3.06 bits per heavy atom. The van der Waals surface area contributed by atoms with Crippen molar-refractivity contribution in [2.24, 2.45) is 0 Å². The van der Waals surface area contributed by atoms with E-state index in [9.17, 15) is 4.79 Å². The number of hydrogen-bond acceptors (Lipinski definition) is 3. The van der Waals surface area contributed by atoms with E-state index in [-0.39, 0.29) is 11.9 Å². The molecule has 86 valence electrons. The Balaban J connectivity index is 2.27. The van der Waals surface area contributed by atoms with E-state index in [4.69, 9.17) is 6.42 Å². The molecule has 0 saturated heterocycles. The molecule has 1 atom stereocenters. The fourth-order valence-corrected chi connectivity index (χ4v) is 1.31. The van der Waals surface area contributed by atoms with Gasteiger partial charge in [0.25, 0.3) is 0 Å². The van der Waals surface area contributed by atoms with Crippen LogP contribution in [0.4, 0.5) is 0 Å². The van der Waals surface area contributed by atoms with Gasteiger partial charge in [-0.3, -0.25) is 9.48 Å². The van der Waals surface area contributed by atoms with E-state index < -0.39 is 0 Å². The third kappa shape index (κ3) is 4.13. The van der Waals surface area contributed by atoms with Crippen molar-refractivity contribution in [3.63, 3.8) is 0 Å². The molecular formula is C11H16N4O. The summed E-state index contributed by atoms with van der Waals surface area (Å²) < 4.78 is 1.63. The van der Waals surface area contributed by atoms with Gasteiger partial charge in [-0.1, -0.05) is 12.1 Å². The molecule has 1 aromatic rings. The zero-order valence-electron chi connectivity index (χ0n) is 9.39. The SMILES string of the molecule is C#CCC(CC)NC(=O)CCn1ccnn1. The molecule has 0 aliphatic heterocycles. The highest BCUT2D eigenvalue weighted by molar-refractivity contribution is 5.76. The Bertz CT molecular complexity index is 353. The summed E-state index contributed by atoms with van der Waals surface area (Å²) in [5, 5.41) is 10.3. The van der Waals surface area contributed by atoms with Crippen LogP contribution in [0.3, 0.4) is 0 Å². The average molecular weight is 220 g/mol. The molecule has 0 aliphatic rings. The predicted octanol–water partition coefficient (Wildman–Crippen LogP) is 0.586. The van der Waals surface area contributed by atoms with E-state index >= 15 is 0 Å². The predicted molar refractivity (Wildman–Crippen MR) is 60.3 cm³/mol. The first-order valence-corrected chi connectivity index (χ1v) is 5.33. The van der Waals surface area contributed by atoms with Gasteiger partial charge in [-0.15, -0.1) is 17.4 Å². The largest absolute Gasteiger partial charge is 0.352 e. The number of carbonyl (C=O) groups is 1. The molecular weight excluding hydrogens is 204 g/mol. The van der Waals surface area contributed by atoms with Crippen LogP contribution in [0.2, 0.25) is 0 Å². The van der Waals surface area contributed by atoms with Gasteiger partial charge in [-0.05, 0) is 6.42 Å². The van der Waals surface area contributed by atoms with Crippen molar-refractivity contribution in [3.05, 3.63) is 12.4 Å². The lowest BCUT2D eigenvalue weighted by molar-refractivity contribution is -0.122. The summed E-state index contributed by atoms with van der Waals surface area (Å²) in [6.45, 7) is 2.54. The summed E-state index contributed by atoms with van der Waals surface area (Å²) in [7, 11) is 0. The van der Waals surface area contributed by atoms with Crippen LogP contribution in [-0.2, 0) is 11.3 Å². The fraction of sp³-hybridized carbons (Fsp3) is 0.545. The number of carbonyl (C=O) groups excluding carboxylic acids is 1. The summed E-state index contributed by atoms with van der Waals surface area (Å²) in [6, 6.07) is 0.0771. The Morgan fingerprint density at radius 2 is 2.50 bits per heavy atom. The van der Waals surface area contributed by atoms with Crippen molar-refractivity contribution in [2.45, 2.75) is 38.8 Å². The van der Waals surface area contributed by atoms with Gasteiger partial charge in [0.15, 0.2) is 0 Å². The third-order valence-corrected chi connectivity index (χ3v) is 2.26. The van der Waals surface area contributed by atoms with Crippen molar-refractivity contribution < 1.29 is 4.79 Å². The zero-order valence-corrected chi connectivity index (χ0v) is 9.39. The Kier molecular flexibility index (Phi) is 5.06. The third-order valence-electron chi connectivity index (χ3n) is 2.26. The standard InChI is InChI=1S/C11H16N4O/c1-3-5-10(4-2)13-11(16)6-8-15-9-7-12-14-15/h1,7,9-10H,4-6,8H2,2H3,(H,13,16). The van der Waals surface area contributed by atoms with E-state index in [1.807, 2.05) is 6.92 Å². The van der Waals surface area contributed by atoms with E-state index in [2.05, 4.69) is 21.5 Å². The first-order valence-electron chi connectivity index (χ1n) is 5.33. The second-order valence-corrected chi connectivity index (χ2v) is 3.50. The van der Waals surface area contributed by atoms with Gasteiger partial charge in [0.05, 0.1) is 12.7 Å². The maximum Gasteiger partial charge on any atom is 0.222 e. The van der Waals surface area contributed by atoms with Crippen LogP contribution in [0.25, 0.3) is 0 Å². The maximum absolute atomic E-state index is 11.5. The summed E-state index contributed by atoms with van der Waals surface area (Å²) in [6.07, 6.45) is 10.3. The maximum atomic E-state index is 11.5. The van der Waals surface area contributed by atoms with E-state index in [0.717, 1.165) is 6.42 Å². The van der Waals surface area contributed by atoms with Crippen molar-refractivity contribution in [1.82, 2.24) is 20.3 Å². The number of amides is 1. The number of aryl methyl sites for hydroxylation is 1. The summed E-state index contributed by atoms with van der Waals surface area (Å²) >= 11 is 0. The molecule has 1 rings (SSSR count). The van der Waals surface area contributed by atoms with Crippen LogP contribution < -0.4 is 5.32 Å². The minimum atomic E-state index is -0.00222. The summed E-state index contributed by atoms with van der Waals surface area (Å²) in [5.41, 5.74) is 0. The molecule has 0 radical (unpaired) electrons. The number of hydrogen-bond donors (Lipinski definition) is 1. The minimum Gasteiger partial charge on any atom is -0.352 e. The molecule has 5 nitrogen and oxygen atoms in total. The Hall–Kier alpha value is -1.83. The Morgan fingerprint density at radius 1 is 1.69 bits per heavy atom. The van der Waals surface area contributed by atoms with Crippen LogP contribution in [-0.4, -0.2) is 26.9 Å². The topological polar surface area (TPSA) is 59.8 Å². The molecule has 1 amide bonds. The molecule has 0 aromatic carbocycles. The van der Waals surface area contributed by atoms with E-state index in [1.54, 1.807) is 17.1 Å². The molecule has 1 unspecified atom stereocenters. The number of nitrogens with zero attached hydrogens (tertiary/aromatic N) is 3. The minimum absolute atomic E-state index is 0.00222. The van der Waals surface area contributed by atoms with Crippen LogP contribution in [0.1, 0.15) is 26.2 Å². The van der Waals surface area contributed by atoms with Crippen LogP contribution >= 0.6 is 0 Å². The lowest BCUT2D eigenvalue weighted by Crippen LogP contribution is -2.34.